The van der Waals surface area contributed by atoms with Crippen molar-refractivity contribution in [1.82, 2.24) is 14.8 Å². The van der Waals surface area contributed by atoms with Gasteiger partial charge in [-0.25, -0.2) is 9.40 Å². The van der Waals surface area contributed by atoms with Crippen molar-refractivity contribution in [3.05, 3.63) is 80.4 Å². The molecule has 3 aromatic rings. The summed E-state index contributed by atoms with van der Waals surface area (Å²) in [6.45, 7) is 3.97. The fraction of sp³-hybridized carbons (Fsp3) is 0.346. The van der Waals surface area contributed by atoms with Crippen molar-refractivity contribution >= 4 is 40.2 Å². The lowest BCUT2D eigenvalue weighted by Gasteiger charge is -2.31. The Labute approximate surface area is 217 Å². The number of amides is 2. The number of carbonyl (C=O) groups excluding carboxylic acids is 2. The normalized spacial score (nSPS) is 18.3. The van der Waals surface area contributed by atoms with Crippen LogP contribution in [-0.2, 0) is 9.53 Å². The summed E-state index contributed by atoms with van der Waals surface area (Å²) >= 11 is 2.93. The van der Waals surface area contributed by atoms with Gasteiger partial charge in [0.05, 0.1) is 34.7 Å². The zero-order valence-electron chi connectivity index (χ0n) is 19.7. The van der Waals surface area contributed by atoms with Crippen LogP contribution in [0.5, 0.6) is 0 Å². The summed E-state index contributed by atoms with van der Waals surface area (Å²) in [7, 11) is 0. The van der Waals surface area contributed by atoms with Crippen LogP contribution in [0, 0.1) is 5.82 Å². The first-order valence-electron chi connectivity index (χ1n) is 11.9. The first-order valence-corrected chi connectivity index (χ1v) is 13.7. The third kappa shape index (κ3) is 5.73. The fourth-order valence-electron chi connectivity index (χ4n) is 4.41. The lowest BCUT2D eigenvalue weighted by Crippen LogP contribution is -2.46. The van der Waals surface area contributed by atoms with Gasteiger partial charge in [-0.3, -0.25) is 14.5 Å². The van der Waals surface area contributed by atoms with Crippen LogP contribution in [0.25, 0.3) is 0 Å². The van der Waals surface area contributed by atoms with E-state index in [1.165, 1.54) is 28.5 Å². The van der Waals surface area contributed by atoms with Crippen LogP contribution in [0.2, 0.25) is 0 Å². The number of thiophene rings is 2. The molecule has 2 aliphatic heterocycles. The number of nitrogens with zero attached hydrogens (tertiary/aromatic N) is 4. The Morgan fingerprint density at radius 1 is 1.06 bits per heavy atom. The molecular weight excluding hydrogens is 499 g/mol. The number of ether oxygens (including phenoxy) is 1. The van der Waals surface area contributed by atoms with Gasteiger partial charge >= 0.3 is 0 Å². The third-order valence-corrected chi connectivity index (χ3v) is 8.14. The molecular formula is C26H27FN4O3S2. The van der Waals surface area contributed by atoms with E-state index in [4.69, 9.17) is 9.84 Å². The minimum absolute atomic E-state index is 0.0833. The molecule has 4 heterocycles. The number of morpholine rings is 1. The number of rotatable bonds is 8. The number of benzene rings is 1. The van der Waals surface area contributed by atoms with Gasteiger partial charge in [0, 0.05) is 32.6 Å². The zero-order chi connectivity index (χ0) is 24.9. The largest absolute Gasteiger partial charge is 0.379 e. The van der Waals surface area contributed by atoms with Crippen LogP contribution >= 0.6 is 22.7 Å². The van der Waals surface area contributed by atoms with Gasteiger partial charge in [0.15, 0.2) is 0 Å². The second kappa shape index (κ2) is 11.4. The van der Waals surface area contributed by atoms with Gasteiger partial charge in [0.25, 0.3) is 11.8 Å². The van der Waals surface area contributed by atoms with Crippen molar-refractivity contribution in [1.29, 1.82) is 0 Å². The van der Waals surface area contributed by atoms with E-state index in [0.29, 0.717) is 37.6 Å². The maximum atomic E-state index is 13.7. The SMILES string of the molecule is O=C(c1cccs1)N(CCN1CCOCC1)CC(=O)N1N=C(c2cccs2)C[C@H]1c1ccc(F)cc1. The number of carbonyl (C=O) groups is 2. The molecule has 1 aromatic carbocycles. The Morgan fingerprint density at radius 3 is 2.50 bits per heavy atom. The second-order valence-electron chi connectivity index (χ2n) is 8.69. The Hall–Kier alpha value is -2.92. The molecule has 0 aliphatic carbocycles. The van der Waals surface area contributed by atoms with Crippen LogP contribution in [0.4, 0.5) is 4.39 Å². The van der Waals surface area contributed by atoms with E-state index in [1.807, 2.05) is 29.0 Å². The van der Waals surface area contributed by atoms with E-state index in [-0.39, 0.29) is 30.2 Å². The summed E-state index contributed by atoms with van der Waals surface area (Å²) in [5.41, 5.74) is 1.63. The first kappa shape index (κ1) is 24.8. The van der Waals surface area contributed by atoms with E-state index < -0.39 is 0 Å². The Bertz CT molecular complexity index is 1190. The van der Waals surface area contributed by atoms with Crippen molar-refractivity contribution in [2.45, 2.75) is 12.5 Å². The molecule has 2 aromatic heterocycles. The molecule has 1 saturated heterocycles. The lowest BCUT2D eigenvalue weighted by atomic mass is 10.0. The van der Waals surface area contributed by atoms with Gasteiger partial charge in [-0.1, -0.05) is 24.3 Å². The van der Waals surface area contributed by atoms with Crippen molar-refractivity contribution in [3.63, 3.8) is 0 Å². The van der Waals surface area contributed by atoms with Crippen LogP contribution in [0.1, 0.15) is 32.6 Å². The van der Waals surface area contributed by atoms with Gasteiger partial charge < -0.3 is 9.64 Å². The molecule has 0 radical (unpaired) electrons. The fourth-order valence-corrected chi connectivity index (χ4v) is 5.82. The molecule has 5 rings (SSSR count). The van der Waals surface area contributed by atoms with Crippen molar-refractivity contribution < 1.29 is 18.7 Å². The summed E-state index contributed by atoms with van der Waals surface area (Å²) in [4.78, 5) is 32.4. The number of hydrogen-bond donors (Lipinski definition) is 0. The van der Waals surface area contributed by atoms with E-state index in [2.05, 4.69) is 4.90 Å². The zero-order valence-corrected chi connectivity index (χ0v) is 21.3. The maximum Gasteiger partial charge on any atom is 0.264 e. The smallest absolute Gasteiger partial charge is 0.264 e. The maximum absolute atomic E-state index is 13.7. The van der Waals surface area contributed by atoms with Crippen LogP contribution < -0.4 is 0 Å². The predicted molar refractivity (Wildman–Crippen MR) is 139 cm³/mol. The molecule has 1 atom stereocenters. The highest BCUT2D eigenvalue weighted by atomic mass is 32.1. The second-order valence-corrected chi connectivity index (χ2v) is 10.6. The van der Waals surface area contributed by atoms with Crippen molar-refractivity contribution in [2.75, 3.05) is 45.9 Å². The monoisotopic (exact) mass is 526 g/mol. The highest BCUT2D eigenvalue weighted by Gasteiger charge is 2.35. The average Bonchev–Trinajstić information content (AvgIpc) is 3.69. The number of hydrazone groups is 1. The molecule has 0 saturated carbocycles. The van der Waals surface area contributed by atoms with Crippen LogP contribution in [0.15, 0.2) is 64.4 Å². The van der Waals surface area contributed by atoms with E-state index in [1.54, 1.807) is 34.4 Å². The first-order chi connectivity index (χ1) is 17.6. The topological polar surface area (TPSA) is 65.5 Å². The number of halogens is 1. The molecule has 188 valence electrons. The predicted octanol–water partition coefficient (Wildman–Crippen LogP) is 4.10. The minimum Gasteiger partial charge on any atom is -0.379 e. The van der Waals surface area contributed by atoms with Gasteiger partial charge in [-0.2, -0.15) is 5.10 Å². The van der Waals surface area contributed by atoms with Gasteiger partial charge in [0.1, 0.15) is 12.4 Å². The van der Waals surface area contributed by atoms with E-state index in [0.717, 1.165) is 29.2 Å². The summed E-state index contributed by atoms with van der Waals surface area (Å²) in [6, 6.07) is 13.4. The Balaban J connectivity index is 1.37. The summed E-state index contributed by atoms with van der Waals surface area (Å²) in [6.07, 6.45) is 0.532. The highest BCUT2D eigenvalue weighted by Crippen LogP contribution is 2.34. The molecule has 7 nitrogen and oxygen atoms in total. The average molecular weight is 527 g/mol. The van der Waals surface area contributed by atoms with E-state index in [9.17, 15) is 14.0 Å². The molecule has 2 amide bonds. The van der Waals surface area contributed by atoms with Gasteiger partial charge in [-0.15, -0.1) is 22.7 Å². The molecule has 1 fully saturated rings. The highest BCUT2D eigenvalue weighted by molar-refractivity contribution is 7.12. The summed E-state index contributed by atoms with van der Waals surface area (Å²) in [5.74, 6) is -0.751. The molecule has 0 bridgehead atoms. The molecule has 0 spiro atoms. The number of hydrogen-bond acceptors (Lipinski definition) is 7. The lowest BCUT2D eigenvalue weighted by molar-refractivity contribution is -0.133. The standard InChI is InChI=1S/C26H27FN4O3S2/c27-20-7-5-19(6-8-20)22-17-21(23-3-1-15-35-23)28-31(22)25(32)18-30(26(33)24-4-2-16-36-24)10-9-29-11-13-34-14-12-29/h1-8,15-16,22H,9-14,17-18H2/t22-/m0/s1. The molecule has 2 aliphatic rings. The Kier molecular flexibility index (Phi) is 7.86. The summed E-state index contributed by atoms with van der Waals surface area (Å²) in [5, 5.41) is 10.0. The molecule has 10 heteroatoms. The van der Waals surface area contributed by atoms with Crippen LogP contribution in [-0.4, -0.2) is 78.3 Å². The third-order valence-electron chi connectivity index (χ3n) is 6.36. The van der Waals surface area contributed by atoms with Crippen LogP contribution in [0.3, 0.4) is 0 Å². The quantitative estimate of drug-likeness (QED) is 0.443. The molecule has 0 unspecified atom stereocenters. The molecule has 0 N–H and O–H groups in total. The minimum atomic E-state index is -0.354. The van der Waals surface area contributed by atoms with Crippen molar-refractivity contribution in [3.8, 4) is 0 Å². The molecule has 36 heavy (non-hydrogen) atoms. The van der Waals surface area contributed by atoms with E-state index >= 15 is 0 Å². The Morgan fingerprint density at radius 2 is 1.81 bits per heavy atom. The van der Waals surface area contributed by atoms with Gasteiger partial charge in [0.2, 0.25) is 0 Å². The van der Waals surface area contributed by atoms with Crippen molar-refractivity contribution in [2.24, 2.45) is 5.10 Å². The summed E-state index contributed by atoms with van der Waals surface area (Å²) < 4.78 is 19.0. The van der Waals surface area contributed by atoms with Gasteiger partial charge in [-0.05, 0) is 40.6 Å².